The first-order chi connectivity index (χ1) is 32.1. The minimum atomic E-state index is -2.70. The van der Waals surface area contributed by atoms with Crippen LogP contribution in [0.25, 0.3) is 0 Å². The van der Waals surface area contributed by atoms with Crippen molar-refractivity contribution in [3.63, 3.8) is 0 Å². The maximum atomic E-state index is 11.2. The number of hydrogen-bond donors (Lipinski definition) is 20. The molecule has 0 radical (unpaired) electrons. The van der Waals surface area contributed by atoms with E-state index in [1.165, 1.54) is 0 Å². The van der Waals surface area contributed by atoms with E-state index in [1.54, 1.807) is 0 Å². The number of aliphatic hydroxyl groups is 20. The zero-order valence-electron chi connectivity index (χ0n) is 35.3. The van der Waals surface area contributed by atoms with E-state index in [2.05, 4.69) is 0 Å². The number of rotatable bonds is 20. The van der Waals surface area contributed by atoms with Crippen molar-refractivity contribution in [2.24, 2.45) is 0 Å². The zero-order chi connectivity index (χ0) is 50.6. The van der Waals surface area contributed by atoms with E-state index in [4.69, 9.17) is 47.4 Å². The number of ether oxygens (including phenoxy) is 10. The van der Waals surface area contributed by atoms with Crippen LogP contribution in [-0.2, 0) is 52.2 Å². The Labute approximate surface area is 382 Å². The van der Waals surface area contributed by atoms with Gasteiger partial charge in [-0.25, -0.2) is 0 Å². The molecular formula is C36H61O32-. The van der Waals surface area contributed by atoms with Crippen LogP contribution in [0.2, 0.25) is 0 Å². The molecule has 0 unspecified atom stereocenters. The summed E-state index contributed by atoms with van der Waals surface area (Å²) in [7, 11) is 0. The van der Waals surface area contributed by atoms with Crippen molar-refractivity contribution < 1.29 is 159 Å². The Hall–Kier alpha value is -1.73. The van der Waals surface area contributed by atoms with Crippen LogP contribution in [0.3, 0.4) is 0 Å². The van der Waals surface area contributed by atoms with Gasteiger partial charge in [-0.3, -0.25) is 0 Å². The monoisotopic (exact) mass is 1010 g/mol. The second-order valence-electron chi connectivity index (χ2n) is 16.5. The molecule has 5 saturated heterocycles. The Morgan fingerprint density at radius 2 is 0.691 bits per heavy atom. The fourth-order valence-corrected chi connectivity index (χ4v) is 8.11. The number of carboxylic acids is 1. The predicted octanol–water partition coefficient (Wildman–Crippen LogP) is -15.7. The standard InChI is InChI=1S/C36H62O32/c37-1-7(43)26(15(46)20(51)31(57)58)64-33-22(53)16(47)28(9(3-39)60-33)66-35-24(55)18(49)30(11(5-41)62-35)68-36-25(56)19(50)29(12(6-42)63-36)67-34-23(54)17(48)27(10(4-40)61-34)65-32-21(52)14(45)13(44)8(2-38)59-32/h7-30,32-56H,1-6H2,(H,57,58)/p-1/t7-,8-,9-,10-,11-,12-,13-,14+,15-,16-,17-,18-,19-,20-,21-,22-,23-,24-,25-,26-,27-,28-,29-,30-,32+,33+,34+,35+,36+/m1/s1. The van der Waals surface area contributed by atoms with E-state index in [0.29, 0.717) is 0 Å². The molecule has 5 fully saturated rings. The zero-order valence-corrected chi connectivity index (χ0v) is 35.3. The summed E-state index contributed by atoms with van der Waals surface area (Å²) < 4.78 is 54.8. The Morgan fingerprint density at radius 3 is 0.985 bits per heavy atom. The van der Waals surface area contributed by atoms with Crippen LogP contribution in [0.5, 0.6) is 0 Å². The Bertz CT molecular complexity index is 1530. The summed E-state index contributed by atoms with van der Waals surface area (Å²) in [5.41, 5.74) is 0. The molecule has 398 valence electrons. The van der Waals surface area contributed by atoms with Gasteiger partial charge in [-0.05, 0) is 0 Å². The van der Waals surface area contributed by atoms with Crippen molar-refractivity contribution in [3.8, 4) is 0 Å². The van der Waals surface area contributed by atoms with Crippen molar-refractivity contribution >= 4 is 5.97 Å². The molecule has 0 aliphatic carbocycles. The summed E-state index contributed by atoms with van der Waals surface area (Å²) in [5, 5.41) is 219. The lowest BCUT2D eigenvalue weighted by atomic mass is 9.95. The SMILES string of the molecule is O=C([O-])[C@H](O)[C@@H](O)[C@H](O[C@@H]1O[C@H](CO)[C@@H](O[C@@H]2O[C@H](CO)[C@@H](O[C@@H]3O[C@H](CO)[C@@H](O[C@@H]4O[C@H](CO)[C@@H](O[C@@H]5O[C@H](CO)[C@@H](O)[C@H](O)[C@H]5O)[C@H](O)[C@H]4O)[C@H](O)[C@H]3O)[C@H](O)[C@H]2O)[C@H](O)[C@H]1O)[C@H](O)CO. The van der Waals surface area contributed by atoms with Crippen LogP contribution >= 0.6 is 0 Å². The topological polar surface area (TPSA) is 537 Å². The Balaban J connectivity index is 1.22. The summed E-state index contributed by atoms with van der Waals surface area (Å²) in [4.78, 5) is 11.1. The molecule has 0 bridgehead atoms. The third-order valence-electron chi connectivity index (χ3n) is 12.1. The van der Waals surface area contributed by atoms with Gasteiger partial charge < -0.3 is 159 Å². The lowest BCUT2D eigenvalue weighted by molar-refractivity contribution is -0.394. The maximum Gasteiger partial charge on any atom is 0.187 e. The van der Waals surface area contributed by atoms with Gasteiger partial charge in [-0.2, -0.15) is 0 Å². The lowest BCUT2D eigenvalue weighted by Gasteiger charge is -2.49. The lowest BCUT2D eigenvalue weighted by Crippen LogP contribution is -2.68. The van der Waals surface area contributed by atoms with Crippen molar-refractivity contribution in [1.29, 1.82) is 0 Å². The summed E-state index contributed by atoms with van der Waals surface area (Å²) in [6, 6.07) is 0. The number of carboxylic acid groups (broad SMARTS) is 1. The Morgan fingerprint density at radius 1 is 0.412 bits per heavy atom. The van der Waals surface area contributed by atoms with Gasteiger partial charge in [0.15, 0.2) is 31.5 Å². The highest BCUT2D eigenvalue weighted by Gasteiger charge is 2.57. The highest BCUT2D eigenvalue weighted by molar-refractivity contribution is 5.70. The van der Waals surface area contributed by atoms with Gasteiger partial charge in [-0.1, -0.05) is 0 Å². The third kappa shape index (κ3) is 12.0. The van der Waals surface area contributed by atoms with Gasteiger partial charge in [0.1, 0.15) is 146 Å². The molecular weight excluding hydrogens is 944 g/mol. The number of carbonyl (C=O) groups excluding carboxylic acids is 1. The molecule has 32 heteroatoms. The fraction of sp³-hybridized carbons (Fsp3) is 0.972. The molecule has 5 aliphatic rings. The van der Waals surface area contributed by atoms with Gasteiger partial charge >= 0.3 is 0 Å². The first-order valence-corrected chi connectivity index (χ1v) is 21.0. The molecule has 68 heavy (non-hydrogen) atoms. The highest BCUT2D eigenvalue weighted by Crippen LogP contribution is 2.36. The molecule has 0 spiro atoms. The number of hydrogen-bond acceptors (Lipinski definition) is 32. The number of aliphatic carboxylic acids is 1. The van der Waals surface area contributed by atoms with Crippen LogP contribution < -0.4 is 5.11 Å². The number of carbonyl (C=O) groups is 1. The van der Waals surface area contributed by atoms with E-state index in [1.807, 2.05) is 0 Å². The van der Waals surface area contributed by atoms with Crippen molar-refractivity contribution in [3.05, 3.63) is 0 Å². The van der Waals surface area contributed by atoms with Crippen LogP contribution in [0.4, 0.5) is 0 Å². The molecule has 5 rings (SSSR count). The van der Waals surface area contributed by atoms with Gasteiger partial charge in [0.2, 0.25) is 0 Å². The molecule has 20 N–H and O–H groups in total. The van der Waals surface area contributed by atoms with Gasteiger partial charge in [0, 0.05) is 0 Å². The Kier molecular flexibility index (Phi) is 20.9. The molecule has 0 aromatic rings. The van der Waals surface area contributed by atoms with E-state index < -0.39 is 224 Å². The van der Waals surface area contributed by atoms with Crippen LogP contribution in [0.1, 0.15) is 0 Å². The average Bonchev–Trinajstić information content (AvgIpc) is 3.33. The summed E-state index contributed by atoms with van der Waals surface area (Å²) >= 11 is 0. The molecule has 5 aliphatic heterocycles. The first kappa shape index (κ1) is 57.2. The van der Waals surface area contributed by atoms with Gasteiger partial charge in [0.25, 0.3) is 0 Å². The molecule has 29 atom stereocenters. The normalized spacial score (nSPS) is 47.8. The van der Waals surface area contributed by atoms with E-state index >= 15 is 0 Å². The van der Waals surface area contributed by atoms with E-state index in [9.17, 15) is 112 Å². The van der Waals surface area contributed by atoms with Crippen LogP contribution in [-0.4, -0.2) is 326 Å². The fourth-order valence-electron chi connectivity index (χ4n) is 8.11. The van der Waals surface area contributed by atoms with Crippen molar-refractivity contribution in [1.82, 2.24) is 0 Å². The number of aliphatic hydroxyl groups excluding tert-OH is 20. The van der Waals surface area contributed by atoms with Gasteiger partial charge in [-0.15, -0.1) is 0 Å². The summed E-state index contributed by atoms with van der Waals surface area (Å²) in [6.07, 6.45) is -58.6. The third-order valence-corrected chi connectivity index (χ3v) is 12.1. The molecule has 0 saturated carbocycles. The van der Waals surface area contributed by atoms with Crippen LogP contribution in [0.15, 0.2) is 0 Å². The van der Waals surface area contributed by atoms with Crippen LogP contribution in [0, 0.1) is 0 Å². The maximum absolute atomic E-state index is 11.2. The second-order valence-corrected chi connectivity index (χ2v) is 16.5. The second kappa shape index (κ2) is 24.8. The smallest absolute Gasteiger partial charge is 0.187 e. The average molecular weight is 1010 g/mol. The van der Waals surface area contributed by atoms with Gasteiger partial charge in [0.05, 0.1) is 45.6 Å². The molecule has 0 amide bonds. The molecule has 32 nitrogen and oxygen atoms in total. The molecule has 0 aromatic carbocycles. The van der Waals surface area contributed by atoms with Crippen molar-refractivity contribution in [2.45, 2.75) is 178 Å². The van der Waals surface area contributed by atoms with Crippen molar-refractivity contribution in [2.75, 3.05) is 39.6 Å². The minimum absolute atomic E-state index is 0.840. The van der Waals surface area contributed by atoms with E-state index in [-0.39, 0.29) is 0 Å². The first-order valence-electron chi connectivity index (χ1n) is 21.0. The molecule has 5 heterocycles. The minimum Gasteiger partial charge on any atom is -0.547 e. The predicted molar refractivity (Wildman–Crippen MR) is 199 cm³/mol. The van der Waals surface area contributed by atoms with E-state index in [0.717, 1.165) is 0 Å². The highest BCUT2D eigenvalue weighted by atomic mass is 16.8. The summed E-state index contributed by atoms with van der Waals surface area (Å²) in [5.74, 6) is -2.23. The summed E-state index contributed by atoms with van der Waals surface area (Å²) in [6.45, 7) is -6.21. The largest absolute Gasteiger partial charge is 0.547 e. The quantitative estimate of drug-likeness (QED) is 0.0538. The molecule has 0 aromatic heterocycles.